The van der Waals surface area contributed by atoms with Gasteiger partial charge < -0.3 is 15.3 Å². The van der Waals surface area contributed by atoms with Gasteiger partial charge in [-0.05, 0) is 92.1 Å². The molecule has 0 heterocycles. The summed E-state index contributed by atoms with van der Waals surface area (Å²) in [6.07, 6.45) is 21.6. The molecule has 0 amide bonds. The minimum atomic E-state index is -0.657. The highest BCUT2D eigenvalue weighted by molar-refractivity contribution is 5.88. The number of unbranched alkanes of at least 4 members (excludes halogenated alkanes) is 4. The van der Waals surface area contributed by atoms with E-state index in [1.54, 1.807) is 0 Å². The monoisotopic (exact) mass is 538 g/mol. The van der Waals surface area contributed by atoms with Crippen molar-refractivity contribution < 1.29 is 20.1 Å². The van der Waals surface area contributed by atoms with E-state index in [0.717, 1.165) is 43.3 Å². The molecule has 39 heavy (non-hydrogen) atoms. The summed E-state index contributed by atoms with van der Waals surface area (Å²) in [5.74, 6) is 1.73. The van der Waals surface area contributed by atoms with Crippen LogP contribution < -0.4 is 0 Å². The number of aliphatic hydroxyl groups excluding tert-OH is 3. The van der Waals surface area contributed by atoms with Gasteiger partial charge in [-0.15, -0.1) is 0 Å². The van der Waals surface area contributed by atoms with Crippen molar-refractivity contribution in [1.82, 2.24) is 0 Å². The zero-order valence-electron chi connectivity index (χ0n) is 24.8. The van der Waals surface area contributed by atoms with Crippen LogP contribution in [-0.4, -0.2) is 39.4 Å². The normalized spacial score (nSPS) is 35.9. The van der Waals surface area contributed by atoms with Crippen molar-refractivity contribution in [3.8, 4) is 0 Å². The minimum Gasteiger partial charge on any atom is -0.393 e. The topological polar surface area (TPSA) is 77.8 Å². The summed E-state index contributed by atoms with van der Waals surface area (Å²) < 4.78 is 0. The Balaban J connectivity index is 1.37. The first kappa shape index (κ1) is 30.5. The molecule has 4 heteroatoms. The standard InChI is InChI=1S/C35H54O4/c1-5-6-7-8-9-12-32(38)35(20-21-35)33(39)18-13-24(2)29-16-17-30-26(11-10-19-34(29,30)4)14-15-27-22-28(36)23-31(37)25(27)3/h13-15,18,24,28-31,33,36-37,39H,3,5-12,16-17,19-23H2,1-2,4H3/t24-,28-,29-,30+,31+,33-,34-/m1/s1. The predicted octanol–water partition coefficient (Wildman–Crippen LogP) is 7.39. The number of rotatable bonds is 12. The van der Waals surface area contributed by atoms with Crippen molar-refractivity contribution in [3.63, 3.8) is 0 Å². The van der Waals surface area contributed by atoms with Crippen molar-refractivity contribution in [2.24, 2.45) is 28.6 Å². The van der Waals surface area contributed by atoms with Crippen LogP contribution in [0.3, 0.4) is 0 Å². The van der Waals surface area contributed by atoms with E-state index in [1.807, 2.05) is 6.08 Å². The third-order valence-corrected chi connectivity index (χ3v) is 11.0. The van der Waals surface area contributed by atoms with Crippen LogP contribution in [0, 0.1) is 28.6 Å². The number of aliphatic hydroxyl groups is 3. The lowest BCUT2D eigenvalue weighted by molar-refractivity contribution is -0.127. The maximum Gasteiger partial charge on any atom is 0.141 e. The number of fused-ring (bicyclic) bond motifs is 1. The van der Waals surface area contributed by atoms with Crippen molar-refractivity contribution in [2.75, 3.05) is 0 Å². The molecule has 0 aromatic carbocycles. The molecule has 218 valence electrons. The maximum atomic E-state index is 13.0. The number of carbonyl (C=O) groups excluding carboxylic acids is 1. The molecule has 0 saturated heterocycles. The molecule has 4 fully saturated rings. The Morgan fingerprint density at radius 2 is 1.82 bits per heavy atom. The second-order valence-corrected chi connectivity index (χ2v) is 13.6. The number of allylic oxidation sites excluding steroid dienone is 4. The summed E-state index contributed by atoms with van der Waals surface area (Å²) in [6.45, 7) is 11.0. The van der Waals surface area contributed by atoms with Gasteiger partial charge in [-0.25, -0.2) is 0 Å². The molecule has 0 radical (unpaired) electrons. The van der Waals surface area contributed by atoms with E-state index in [2.05, 4.69) is 45.6 Å². The van der Waals surface area contributed by atoms with Crippen LogP contribution in [0.1, 0.15) is 117 Å². The molecule has 0 bridgehead atoms. The summed E-state index contributed by atoms with van der Waals surface area (Å²) in [5.41, 5.74) is 2.94. The quantitative estimate of drug-likeness (QED) is 0.179. The van der Waals surface area contributed by atoms with Gasteiger partial charge in [-0.1, -0.05) is 82.9 Å². The summed E-state index contributed by atoms with van der Waals surface area (Å²) in [5, 5.41) is 31.4. The molecule has 4 nitrogen and oxygen atoms in total. The second kappa shape index (κ2) is 13.0. The van der Waals surface area contributed by atoms with Gasteiger partial charge in [0, 0.05) is 12.8 Å². The Kier molecular flexibility index (Phi) is 10.2. The first-order chi connectivity index (χ1) is 18.6. The van der Waals surface area contributed by atoms with E-state index in [0.29, 0.717) is 37.0 Å². The fourth-order valence-electron chi connectivity index (χ4n) is 8.22. The molecule has 0 aliphatic heterocycles. The molecular weight excluding hydrogens is 484 g/mol. The number of hydrogen-bond acceptors (Lipinski definition) is 4. The van der Waals surface area contributed by atoms with E-state index in [4.69, 9.17) is 0 Å². The molecule has 0 spiro atoms. The molecule has 0 unspecified atom stereocenters. The van der Waals surface area contributed by atoms with Crippen molar-refractivity contribution in [3.05, 3.63) is 47.6 Å². The van der Waals surface area contributed by atoms with Crippen LogP contribution in [0.5, 0.6) is 0 Å². The molecule has 4 aliphatic rings. The molecule has 0 aromatic rings. The van der Waals surface area contributed by atoms with Gasteiger partial charge >= 0.3 is 0 Å². The lowest BCUT2D eigenvalue weighted by atomic mass is 9.61. The third-order valence-electron chi connectivity index (χ3n) is 11.0. The smallest absolute Gasteiger partial charge is 0.141 e. The van der Waals surface area contributed by atoms with Crippen molar-refractivity contribution in [1.29, 1.82) is 0 Å². The van der Waals surface area contributed by atoms with Crippen molar-refractivity contribution >= 4 is 5.78 Å². The summed E-state index contributed by atoms with van der Waals surface area (Å²) in [7, 11) is 0. The van der Waals surface area contributed by atoms with E-state index in [1.165, 1.54) is 50.5 Å². The molecule has 0 aromatic heterocycles. The van der Waals surface area contributed by atoms with Gasteiger partial charge in [-0.2, -0.15) is 0 Å². The lowest BCUT2D eigenvalue weighted by Gasteiger charge is -2.44. The average molecular weight is 539 g/mol. The summed E-state index contributed by atoms with van der Waals surface area (Å²) >= 11 is 0. The van der Waals surface area contributed by atoms with E-state index >= 15 is 0 Å². The third kappa shape index (κ3) is 6.71. The van der Waals surface area contributed by atoms with Gasteiger partial charge in [-0.3, -0.25) is 4.79 Å². The Hall–Kier alpha value is -1.49. The van der Waals surface area contributed by atoms with Gasteiger partial charge in [0.2, 0.25) is 0 Å². The Morgan fingerprint density at radius 1 is 1.08 bits per heavy atom. The number of hydrogen-bond donors (Lipinski definition) is 3. The van der Waals surface area contributed by atoms with Gasteiger partial charge in [0.25, 0.3) is 0 Å². The highest BCUT2D eigenvalue weighted by Crippen LogP contribution is 2.60. The van der Waals surface area contributed by atoms with E-state index in [9.17, 15) is 20.1 Å². The molecule has 4 aliphatic carbocycles. The molecule has 7 atom stereocenters. The Labute approximate surface area is 237 Å². The van der Waals surface area contributed by atoms with Crippen LogP contribution >= 0.6 is 0 Å². The maximum absolute atomic E-state index is 13.0. The van der Waals surface area contributed by atoms with E-state index < -0.39 is 23.7 Å². The number of carbonyl (C=O) groups is 1. The molecular formula is C35H54O4. The molecule has 4 saturated carbocycles. The van der Waals surface area contributed by atoms with Crippen LogP contribution in [0.25, 0.3) is 0 Å². The number of ketones is 1. The zero-order chi connectivity index (χ0) is 28.2. The molecule has 4 rings (SSSR count). The van der Waals surface area contributed by atoms with Crippen LogP contribution in [0.2, 0.25) is 0 Å². The van der Waals surface area contributed by atoms with Crippen LogP contribution in [-0.2, 0) is 4.79 Å². The first-order valence-corrected chi connectivity index (χ1v) is 16.0. The predicted molar refractivity (Wildman–Crippen MR) is 159 cm³/mol. The van der Waals surface area contributed by atoms with E-state index in [-0.39, 0.29) is 11.2 Å². The fraction of sp³-hybridized carbons (Fsp3) is 0.743. The highest BCUT2D eigenvalue weighted by atomic mass is 16.3. The van der Waals surface area contributed by atoms with Gasteiger partial charge in [0.05, 0.1) is 23.7 Å². The Bertz CT molecular complexity index is 969. The van der Waals surface area contributed by atoms with Crippen molar-refractivity contribution in [2.45, 2.75) is 135 Å². The minimum absolute atomic E-state index is 0.228. The van der Waals surface area contributed by atoms with Gasteiger partial charge in [0.1, 0.15) is 5.78 Å². The average Bonchev–Trinajstić information content (AvgIpc) is 3.64. The van der Waals surface area contributed by atoms with Crippen LogP contribution in [0.15, 0.2) is 47.6 Å². The largest absolute Gasteiger partial charge is 0.393 e. The molecule has 3 N–H and O–H groups in total. The second-order valence-electron chi connectivity index (χ2n) is 13.6. The fourth-order valence-corrected chi connectivity index (χ4v) is 8.22. The van der Waals surface area contributed by atoms with Gasteiger partial charge in [0.15, 0.2) is 0 Å². The lowest BCUT2D eigenvalue weighted by Crippen LogP contribution is -2.35. The zero-order valence-corrected chi connectivity index (χ0v) is 24.8. The summed E-state index contributed by atoms with van der Waals surface area (Å²) in [4.78, 5) is 13.0. The highest BCUT2D eigenvalue weighted by Gasteiger charge is 2.54. The number of Topliss-reactive ketones (excluding diaryl/α,β-unsaturated/α-hetero) is 1. The SMILES string of the molecule is C=C1C(=CC=C2CCC[C@]3(C)[C@@H]([C@H](C)C=C[C@@H](O)C4(C(=O)CCCCCCC)CC4)CC[C@@H]23)C[C@@H](O)C[C@@H]1O. The summed E-state index contributed by atoms with van der Waals surface area (Å²) in [6, 6.07) is 0. The van der Waals surface area contributed by atoms with Crippen LogP contribution in [0.4, 0.5) is 0 Å². The first-order valence-electron chi connectivity index (χ1n) is 16.0. The Morgan fingerprint density at radius 3 is 2.54 bits per heavy atom.